The van der Waals surface area contributed by atoms with Crippen LogP contribution in [-0.2, 0) is 21.2 Å². The number of amides is 1. The number of hydrogen-bond donors (Lipinski definition) is 3. The van der Waals surface area contributed by atoms with Gasteiger partial charge in [-0.3, -0.25) is 14.7 Å². The van der Waals surface area contributed by atoms with Crippen molar-refractivity contribution in [3.8, 4) is 11.5 Å². The number of piperidine rings is 1. The lowest BCUT2D eigenvalue weighted by molar-refractivity contribution is -0.124. The van der Waals surface area contributed by atoms with Crippen molar-refractivity contribution in [2.24, 2.45) is 4.99 Å². The minimum atomic E-state index is -3.82. The van der Waals surface area contributed by atoms with Gasteiger partial charge in [0.15, 0.2) is 23.1 Å². The molecule has 3 N–H and O–H groups in total. The highest BCUT2D eigenvalue weighted by Crippen LogP contribution is 2.33. The third-order valence-electron chi connectivity index (χ3n) is 6.73. The average molecular weight is 572 g/mol. The predicted molar refractivity (Wildman–Crippen MR) is 133 cm³/mol. The van der Waals surface area contributed by atoms with E-state index in [-0.39, 0.29) is 68.4 Å². The topological polar surface area (TPSA) is 138 Å². The summed E-state index contributed by atoms with van der Waals surface area (Å²) in [5.74, 6) is -3.25. The highest BCUT2D eigenvalue weighted by atomic mass is 32.2. The molecular weight excluding hydrogens is 543 g/mol. The molecule has 0 aromatic heterocycles. The molecule has 0 bridgehead atoms. The number of aliphatic hydroxyl groups is 2. The summed E-state index contributed by atoms with van der Waals surface area (Å²) in [6.07, 6.45) is -1.00. The molecule has 212 valence electrons. The number of benzene rings is 2. The number of rotatable bonds is 11. The van der Waals surface area contributed by atoms with Gasteiger partial charge in [-0.25, -0.2) is 21.5 Å². The molecule has 2 aromatic rings. The quantitative estimate of drug-likeness (QED) is 0.373. The first-order valence-corrected chi connectivity index (χ1v) is 13.9. The van der Waals surface area contributed by atoms with Crippen LogP contribution in [0.15, 0.2) is 41.4 Å². The van der Waals surface area contributed by atoms with E-state index >= 15 is 0 Å². The van der Waals surface area contributed by atoms with Crippen molar-refractivity contribution in [1.29, 1.82) is 0 Å². The Balaban J connectivity index is 1.36. The predicted octanol–water partition coefficient (Wildman–Crippen LogP) is 1.63. The number of aryl methyl sites for hydroxylation is 1. The number of sulfonamides is 1. The van der Waals surface area contributed by atoms with Crippen LogP contribution in [0.5, 0.6) is 11.5 Å². The number of nitrogens with zero attached hydrogens (tertiary/aromatic N) is 2. The van der Waals surface area contributed by atoms with E-state index in [1.165, 1.54) is 16.4 Å². The number of halogens is 3. The Morgan fingerprint density at radius 3 is 2.49 bits per heavy atom. The van der Waals surface area contributed by atoms with Crippen LogP contribution in [0.25, 0.3) is 0 Å². The number of carbonyl (C=O) groups excluding carboxylic acids is 1. The van der Waals surface area contributed by atoms with Crippen LogP contribution < -0.4 is 15.0 Å². The van der Waals surface area contributed by atoms with Gasteiger partial charge in [0.1, 0.15) is 11.4 Å². The van der Waals surface area contributed by atoms with Crippen molar-refractivity contribution in [1.82, 2.24) is 9.62 Å². The molecule has 1 saturated heterocycles. The second kappa shape index (κ2) is 11.9. The molecule has 2 aliphatic heterocycles. The summed E-state index contributed by atoms with van der Waals surface area (Å²) in [7, 11) is -3.82. The molecule has 1 spiro atoms. The summed E-state index contributed by atoms with van der Waals surface area (Å²) in [5, 5.41) is 20.8. The second-order valence-electron chi connectivity index (χ2n) is 9.38. The van der Waals surface area contributed by atoms with E-state index < -0.39 is 51.4 Å². The first-order valence-electron chi connectivity index (χ1n) is 12.2. The number of carbonyl (C=O) groups is 1. The standard InChI is InChI=1S/C25H28F3N3O7S/c26-20-12-16(13-21(27)22(20)37-10-4-18(33)15-32)5-11-39(35,36)31-8-6-25(7-9-31)24(34)29-23(30-25)17-2-1-3-19(14-17)38-28/h1-3,12-14,18,32-33H,4-11,15H2,(H,29,30,34). The zero-order valence-electron chi connectivity index (χ0n) is 20.8. The third kappa shape index (κ3) is 6.52. The molecule has 1 unspecified atom stereocenters. The molecule has 4 rings (SSSR count). The summed E-state index contributed by atoms with van der Waals surface area (Å²) in [6, 6.07) is 7.93. The Kier molecular flexibility index (Phi) is 8.79. The smallest absolute Gasteiger partial charge is 0.253 e. The summed E-state index contributed by atoms with van der Waals surface area (Å²) >= 11 is 0. The van der Waals surface area contributed by atoms with Gasteiger partial charge in [-0.15, -0.1) is 0 Å². The molecule has 1 amide bonds. The van der Waals surface area contributed by atoms with Crippen LogP contribution in [0, 0.1) is 11.6 Å². The number of amidine groups is 1. The number of hydrogen-bond acceptors (Lipinski definition) is 8. The van der Waals surface area contributed by atoms with Crippen molar-refractivity contribution in [3.05, 3.63) is 59.2 Å². The van der Waals surface area contributed by atoms with E-state index in [0.29, 0.717) is 5.56 Å². The van der Waals surface area contributed by atoms with Crippen LogP contribution in [0.4, 0.5) is 13.3 Å². The van der Waals surface area contributed by atoms with Crippen LogP contribution >= 0.6 is 0 Å². The normalized spacial score (nSPS) is 18.1. The molecule has 0 aliphatic carbocycles. The van der Waals surface area contributed by atoms with Crippen molar-refractivity contribution in [2.75, 3.05) is 32.1 Å². The maximum absolute atomic E-state index is 14.4. The Bertz CT molecular complexity index is 1330. The van der Waals surface area contributed by atoms with Gasteiger partial charge in [-0.2, -0.15) is 0 Å². The number of aliphatic imine (C=N–C) groups is 1. The Labute approximate surface area is 223 Å². The molecule has 2 aromatic carbocycles. The monoisotopic (exact) mass is 571 g/mol. The van der Waals surface area contributed by atoms with Crippen molar-refractivity contribution in [3.63, 3.8) is 0 Å². The number of nitrogens with one attached hydrogen (secondary N) is 1. The number of ether oxygens (including phenoxy) is 1. The lowest BCUT2D eigenvalue weighted by Crippen LogP contribution is -2.50. The molecule has 1 fully saturated rings. The fourth-order valence-electron chi connectivity index (χ4n) is 4.48. The molecule has 2 heterocycles. The van der Waals surface area contributed by atoms with Gasteiger partial charge < -0.3 is 20.3 Å². The fraction of sp³-hybridized carbons (Fsp3) is 0.440. The second-order valence-corrected chi connectivity index (χ2v) is 11.5. The Morgan fingerprint density at radius 2 is 1.85 bits per heavy atom. The zero-order valence-corrected chi connectivity index (χ0v) is 21.6. The minimum Gasteiger partial charge on any atom is -0.488 e. The molecule has 2 aliphatic rings. The van der Waals surface area contributed by atoms with Crippen LogP contribution in [0.3, 0.4) is 0 Å². The molecule has 0 saturated carbocycles. The van der Waals surface area contributed by atoms with Gasteiger partial charge in [-0.1, -0.05) is 12.1 Å². The third-order valence-corrected chi connectivity index (χ3v) is 8.61. The summed E-state index contributed by atoms with van der Waals surface area (Å²) in [4.78, 5) is 21.0. The SMILES string of the molecule is O=C1NC(c2cccc(OF)c2)=NC12CCN(S(=O)(=O)CCc1cc(F)c(OCCC(O)CO)c(F)c1)CC2. The average Bonchev–Trinajstić information content (AvgIpc) is 3.24. The van der Waals surface area contributed by atoms with Crippen LogP contribution in [-0.4, -0.2) is 78.4 Å². The lowest BCUT2D eigenvalue weighted by Gasteiger charge is -2.34. The molecule has 10 nitrogen and oxygen atoms in total. The maximum Gasteiger partial charge on any atom is 0.253 e. The zero-order chi connectivity index (χ0) is 28.2. The van der Waals surface area contributed by atoms with Gasteiger partial charge in [0, 0.05) is 29.6 Å². The highest BCUT2D eigenvalue weighted by Gasteiger charge is 2.47. The molecular formula is C25H28F3N3O7S. The van der Waals surface area contributed by atoms with Gasteiger partial charge in [-0.05, 0) is 49.1 Å². The van der Waals surface area contributed by atoms with Gasteiger partial charge in [0.25, 0.3) is 5.91 Å². The van der Waals surface area contributed by atoms with E-state index in [1.54, 1.807) is 12.1 Å². The van der Waals surface area contributed by atoms with Crippen molar-refractivity contribution >= 4 is 21.8 Å². The lowest BCUT2D eigenvalue weighted by atomic mass is 9.89. The van der Waals surface area contributed by atoms with Crippen LogP contribution in [0.2, 0.25) is 0 Å². The molecule has 0 radical (unpaired) electrons. The summed E-state index contributed by atoms with van der Waals surface area (Å²) in [5.41, 5.74) is -0.582. The summed E-state index contributed by atoms with van der Waals surface area (Å²) < 4.78 is 73.5. The molecule has 1 atom stereocenters. The van der Waals surface area contributed by atoms with Crippen molar-refractivity contribution < 1.29 is 46.4 Å². The van der Waals surface area contributed by atoms with Crippen LogP contribution in [0.1, 0.15) is 30.4 Å². The Morgan fingerprint density at radius 1 is 1.15 bits per heavy atom. The first kappa shape index (κ1) is 28.8. The van der Waals surface area contributed by atoms with Gasteiger partial charge in [0.2, 0.25) is 10.0 Å². The number of aliphatic hydroxyl groups excluding tert-OH is 2. The van der Waals surface area contributed by atoms with E-state index in [9.17, 15) is 31.6 Å². The van der Waals surface area contributed by atoms with Crippen molar-refractivity contribution in [2.45, 2.75) is 37.3 Å². The summed E-state index contributed by atoms with van der Waals surface area (Å²) in [6.45, 7) is -0.681. The minimum absolute atomic E-state index is 0.0232. The Hall–Kier alpha value is -3.20. The maximum atomic E-state index is 14.4. The van der Waals surface area contributed by atoms with E-state index in [1.807, 2.05) is 0 Å². The highest BCUT2D eigenvalue weighted by molar-refractivity contribution is 7.89. The van der Waals surface area contributed by atoms with Gasteiger partial charge >= 0.3 is 0 Å². The largest absolute Gasteiger partial charge is 0.488 e. The molecule has 14 heteroatoms. The fourth-order valence-corrected chi connectivity index (χ4v) is 5.97. The first-order chi connectivity index (χ1) is 18.6. The molecule has 39 heavy (non-hydrogen) atoms. The van der Waals surface area contributed by atoms with E-state index in [4.69, 9.17) is 9.84 Å². The van der Waals surface area contributed by atoms with E-state index in [2.05, 4.69) is 15.3 Å². The van der Waals surface area contributed by atoms with E-state index in [0.717, 1.165) is 12.1 Å². The van der Waals surface area contributed by atoms with Gasteiger partial charge in [0.05, 0.1) is 25.1 Å².